The van der Waals surface area contributed by atoms with Gasteiger partial charge in [-0.1, -0.05) is 18.2 Å². The van der Waals surface area contributed by atoms with Gasteiger partial charge in [-0.2, -0.15) is 0 Å². The molecule has 2 amide bonds. The summed E-state index contributed by atoms with van der Waals surface area (Å²) in [5, 5.41) is 4.99. The summed E-state index contributed by atoms with van der Waals surface area (Å²) >= 11 is 1.31. The Morgan fingerprint density at radius 3 is 2.61 bits per heavy atom. The van der Waals surface area contributed by atoms with Crippen LogP contribution in [-0.2, 0) is 9.59 Å². The van der Waals surface area contributed by atoms with Crippen LogP contribution in [0.25, 0.3) is 6.08 Å². The van der Waals surface area contributed by atoms with Crippen molar-refractivity contribution in [3.05, 3.63) is 77.1 Å². The Morgan fingerprint density at radius 1 is 1.18 bits per heavy atom. The van der Waals surface area contributed by atoms with Gasteiger partial charge in [0.2, 0.25) is 11.8 Å². The predicted molar refractivity (Wildman–Crippen MR) is 110 cm³/mol. The van der Waals surface area contributed by atoms with E-state index in [1.807, 2.05) is 30.3 Å². The summed E-state index contributed by atoms with van der Waals surface area (Å²) in [6.45, 7) is 3.19. The van der Waals surface area contributed by atoms with Crippen molar-refractivity contribution < 1.29 is 14.0 Å². The fourth-order valence-electron chi connectivity index (χ4n) is 2.56. The van der Waals surface area contributed by atoms with Crippen LogP contribution in [0.3, 0.4) is 0 Å². The van der Waals surface area contributed by atoms with Crippen molar-refractivity contribution in [2.45, 2.75) is 13.8 Å². The fraction of sp³-hybridized carbons (Fsp3) is 0.0952. The molecular formula is C21H18FN3O2S. The van der Waals surface area contributed by atoms with E-state index in [0.29, 0.717) is 22.1 Å². The maximum Gasteiger partial charge on any atom is 0.248 e. The number of halogens is 1. The summed E-state index contributed by atoms with van der Waals surface area (Å²) < 4.78 is 13.1. The summed E-state index contributed by atoms with van der Waals surface area (Å²) in [6, 6.07) is 13.4. The number of para-hydroxylation sites is 1. The molecule has 0 saturated heterocycles. The van der Waals surface area contributed by atoms with Crippen molar-refractivity contribution in [1.82, 2.24) is 4.98 Å². The summed E-state index contributed by atoms with van der Waals surface area (Å²) in [5.41, 5.74) is 2.47. The number of aromatic nitrogens is 1. The number of aryl methyl sites for hydroxylation is 1. The summed E-state index contributed by atoms with van der Waals surface area (Å²) in [5.74, 6) is -0.856. The number of anilines is 3. The van der Waals surface area contributed by atoms with Crippen molar-refractivity contribution in [3.8, 4) is 0 Å². The lowest BCUT2D eigenvalue weighted by molar-refractivity contribution is -0.116. The van der Waals surface area contributed by atoms with E-state index in [-0.39, 0.29) is 17.6 Å². The Labute approximate surface area is 166 Å². The van der Waals surface area contributed by atoms with Crippen molar-refractivity contribution in [3.63, 3.8) is 0 Å². The normalized spacial score (nSPS) is 10.8. The molecule has 0 radical (unpaired) electrons. The Balaban J connectivity index is 1.72. The third-order valence-corrected chi connectivity index (χ3v) is 4.73. The maximum atomic E-state index is 13.1. The minimum atomic E-state index is -0.352. The third-order valence-electron chi connectivity index (χ3n) is 3.88. The van der Waals surface area contributed by atoms with Gasteiger partial charge >= 0.3 is 0 Å². The Morgan fingerprint density at radius 2 is 1.93 bits per heavy atom. The van der Waals surface area contributed by atoms with Crippen molar-refractivity contribution >= 4 is 45.7 Å². The van der Waals surface area contributed by atoms with Crippen molar-refractivity contribution in [1.29, 1.82) is 0 Å². The first kappa shape index (κ1) is 19.4. The second-order valence-corrected chi connectivity index (χ2v) is 6.86. The van der Waals surface area contributed by atoms with Crippen LogP contribution in [0.2, 0.25) is 0 Å². The quantitative estimate of drug-likeness (QED) is 0.623. The number of thiazole rings is 1. The maximum absolute atomic E-state index is 13.1. The number of nitrogens with one attached hydrogen (secondary N) is 1. The van der Waals surface area contributed by atoms with E-state index in [1.54, 1.807) is 18.4 Å². The van der Waals surface area contributed by atoms with Crippen LogP contribution in [0.5, 0.6) is 0 Å². The van der Waals surface area contributed by atoms with Gasteiger partial charge in [-0.15, -0.1) is 11.3 Å². The van der Waals surface area contributed by atoms with Gasteiger partial charge in [0.1, 0.15) is 5.82 Å². The van der Waals surface area contributed by atoms with Gasteiger partial charge in [0.25, 0.3) is 0 Å². The molecule has 1 N–H and O–H groups in total. The smallest absolute Gasteiger partial charge is 0.248 e. The molecule has 5 nitrogen and oxygen atoms in total. The number of nitrogens with zero attached hydrogens (tertiary/aromatic N) is 2. The van der Waals surface area contributed by atoms with Gasteiger partial charge in [0, 0.05) is 24.1 Å². The fourth-order valence-corrected chi connectivity index (χ4v) is 3.42. The molecule has 0 aliphatic heterocycles. The minimum Gasteiger partial charge on any atom is -0.322 e. The molecule has 0 saturated carbocycles. The summed E-state index contributed by atoms with van der Waals surface area (Å²) in [4.78, 5) is 30.1. The van der Waals surface area contributed by atoms with Gasteiger partial charge < -0.3 is 5.32 Å². The first-order valence-electron chi connectivity index (χ1n) is 8.50. The van der Waals surface area contributed by atoms with E-state index in [2.05, 4.69) is 10.3 Å². The molecule has 7 heteroatoms. The first-order valence-corrected chi connectivity index (χ1v) is 9.38. The standard InChI is InChI=1S/C21H18FN3O2S/c1-14-12-16(22)8-10-19(14)24-20(27)11-9-17-13-28-21(23-17)25(15(2)26)18-6-4-3-5-7-18/h3-13H,1-2H3,(H,24,27). The van der Waals surface area contributed by atoms with Crippen LogP contribution >= 0.6 is 11.3 Å². The Kier molecular flexibility index (Phi) is 5.96. The van der Waals surface area contributed by atoms with Gasteiger partial charge in [0.15, 0.2) is 5.13 Å². The highest BCUT2D eigenvalue weighted by atomic mass is 32.1. The molecule has 0 aliphatic carbocycles. The molecule has 3 rings (SSSR count). The van der Waals surface area contributed by atoms with E-state index < -0.39 is 0 Å². The zero-order valence-electron chi connectivity index (χ0n) is 15.3. The molecule has 2 aromatic carbocycles. The van der Waals surface area contributed by atoms with E-state index in [0.717, 1.165) is 5.69 Å². The molecule has 0 unspecified atom stereocenters. The molecule has 0 fully saturated rings. The highest BCUT2D eigenvalue weighted by Gasteiger charge is 2.17. The van der Waals surface area contributed by atoms with Crippen LogP contribution in [0.1, 0.15) is 18.2 Å². The lowest BCUT2D eigenvalue weighted by Gasteiger charge is -2.17. The molecule has 142 valence electrons. The van der Waals surface area contributed by atoms with Gasteiger partial charge in [-0.05, 0) is 48.9 Å². The molecule has 0 bridgehead atoms. The van der Waals surface area contributed by atoms with Gasteiger partial charge in [-0.25, -0.2) is 9.37 Å². The van der Waals surface area contributed by atoms with E-state index >= 15 is 0 Å². The number of hydrogen-bond acceptors (Lipinski definition) is 4. The number of rotatable bonds is 5. The number of carbonyl (C=O) groups excluding carboxylic acids is 2. The highest BCUT2D eigenvalue weighted by molar-refractivity contribution is 7.14. The largest absolute Gasteiger partial charge is 0.322 e. The predicted octanol–water partition coefficient (Wildman–Crippen LogP) is 4.93. The zero-order valence-corrected chi connectivity index (χ0v) is 16.2. The lowest BCUT2D eigenvalue weighted by atomic mass is 10.2. The average molecular weight is 395 g/mol. The van der Waals surface area contributed by atoms with Crippen LogP contribution in [0.15, 0.2) is 60.0 Å². The molecule has 0 atom stereocenters. The topological polar surface area (TPSA) is 62.3 Å². The molecule has 1 heterocycles. The van der Waals surface area contributed by atoms with Crippen LogP contribution in [0, 0.1) is 12.7 Å². The SMILES string of the molecule is CC(=O)N(c1ccccc1)c1nc(C=CC(=O)Nc2ccc(F)cc2C)cs1. The Hall–Kier alpha value is -3.32. The number of amides is 2. The summed E-state index contributed by atoms with van der Waals surface area (Å²) in [6.07, 6.45) is 2.92. The van der Waals surface area contributed by atoms with Crippen molar-refractivity contribution in [2.24, 2.45) is 0 Å². The number of carbonyl (C=O) groups is 2. The lowest BCUT2D eigenvalue weighted by Crippen LogP contribution is -2.22. The molecule has 1 aromatic heterocycles. The van der Waals surface area contributed by atoms with Crippen LogP contribution in [0.4, 0.5) is 20.9 Å². The zero-order chi connectivity index (χ0) is 20.1. The molecular weight excluding hydrogens is 377 g/mol. The van der Waals surface area contributed by atoms with E-state index in [9.17, 15) is 14.0 Å². The first-order chi connectivity index (χ1) is 13.4. The van der Waals surface area contributed by atoms with E-state index in [1.165, 1.54) is 47.4 Å². The molecule has 28 heavy (non-hydrogen) atoms. The average Bonchev–Trinajstić information content (AvgIpc) is 3.11. The van der Waals surface area contributed by atoms with Gasteiger partial charge in [0.05, 0.1) is 11.4 Å². The van der Waals surface area contributed by atoms with Gasteiger partial charge in [-0.3, -0.25) is 14.5 Å². The van der Waals surface area contributed by atoms with Crippen LogP contribution in [-0.4, -0.2) is 16.8 Å². The number of benzene rings is 2. The summed E-state index contributed by atoms with van der Waals surface area (Å²) in [7, 11) is 0. The van der Waals surface area contributed by atoms with Crippen LogP contribution < -0.4 is 10.2 Å². The van der Waals surface area contributed by atoms with Crippen molar-refractivity contribution in [2.75, 3.05) is 10.2 Å². The second kappa shape index (κ2) is 8.58. The molecule has 3 aromatic rings. The number of hydrogen-bond donors (Lipinski definition) is 1. The van der Waals surface area contributed by atoms with E-state index in [4.69, 9.17) is 0 Å². The Bertz CT molecular complexity index is 1030. The highest BCUT2D eigenvalue weighted by Crippen LogP contribution is 2.29. The molecule has 0 spiro atoms. The molecule has 0 aliphatic rings. The monoisotopic (exact) mass is 395 g/mol. The second-order valence-electron chi connectivity index (χ2n) is 6.03. The third kappa shape index (κ3) is 4.69. The minimum absolute atomic E-state index is 0.152.